The van der Waals surface area contributed by atoms with E-state index in [4.69, 9.17) is 0 Å². The van der Waals surface area contributed by atoms with Crippen molar-refractivity contribution in [2.75, 3.05) is 13.1 Å². The molecule has 5 nitrogen and oxygen atoms in total. The van der Waals surface area contributed by atoms with E-state index in [2.05, 4.69) is 4.98 Å². The van der Waals surface area contributed by atoms with Gasteiger partial charge in [0.05, 0.1) is 30.1 Å². The highest BCUT2D eigenvalue weighted by molar-refractivity contribution is 7.07. The van der Waals surface area contributed by atoms with Crippen LogP contribution < -0.4 is 0 Å². The Balaban J connectivity index is 1.49. The number of piperidine rings is 1. The van der Waals surface area contributed by atoms with E-state index in [1.54, 1.807) is 28.6 Å². The second-order valence-electron chi connectivity index (χ2n) is 6.94. The standard InChI is InChI=1S/C19H20FN3O2S/c20-17-4-2-1-3-13(17)7-18(24)22-8-14-5-6-16(10-22)23(19(14)25)9-15-11-26-12-21-15/h1-4,11-12,14,16H,5-10H2/t14-,16+/m0/s1. The summed E-state index contributed by atoms with van der Waals surface area (Å²) in [6.45, 7) is 1.44. The number of halogens is 1. The van der Waals surface area contributed by atoms with Crippen molar-refractivity contribution in [1.82, 2.24) is 14.8 Å². The van der Waals surface area contributed by atoms with Gasteiger partial charge in [-0.15, -0.1) is 11.3 Å². The third-order valence-corrected chi connectivity index (χ3v) is 5.90. The van der Waals surface area contributed by atoms with Crippen LogP contribution in [0.3, 0.4) is 0 Å². The van der Waals surface area contributed by atoms with Crippen LogP contribution in [0.2, 0.25) is 0 Å². The van der Waals surface area contributed by atoms with Gasteiger partial charge in [0.15, 0.2) is 0 Å². The Hall–Kier alpha value is -2.28. The zero-order chi connectivity index (χ0) is 18.1. The van der Waals surface area contributed by atoms with Crippen LogP contribution in [0.1, 0.15) is 24.1 Å². The molecule has 0 saturated carbocycles. The molecule has 4 heterocycles. The van der Waals surface area contributed by atoms with Crippen molar-refractivity contribution < 1.29 is 14.0 Å². The lowest BCUT2D eigenvalue weighted by molar-refractivity contribution is -0.140. The van der Waals surface area contributed by atoms with Crippen LogP contribution >= 0.6 is 11.3 Å². The van der Waals surface area contributed by atoms with Crippen molar-refractivity contribution in [2.45, 2.75) is 31.8 Å². The number of hydrogen-bond donors (Lipinski definition) is 0. The van der Waals surface area contributed by atoms with Crippen LogP contribution in [0.5, 0.6) is 0 Å². The molecule has 3 saturated heterocycles. The number of thiazole rings is 1. The van der Waals surface area contributed by atoms with Gasteiger partial charge in [-0.3, -0.25) is 9.59 Å². The van der Waals surface area contributed by atoms with Crippen LogP contribution in [0.4, 0.5) is 4.39 Å². The fourth-order valence-corrected chi connectivity index (χ4v) is 4.41. The highest BCUT2D eigenvalue weighted by atomic mass is 32.1. The van der Waals surface area contributed by atoms with Crippen molar-refractivity contribution in [1.29, 1.82) is 0 Å². The number of carbonyl (C=O) groups excluding carboxylic acids is 2. The molecule has 0 radical (unpaired) electrons. The molecular weight excluding hydrogens is 353 g/mol. The topological polar surface area (TPSA) is 53.5 Å². The smallest absolute Gasteiger partial charge is 0.228 e. The first kappa shape index (κ1) is 17.1. The van der Waals surface area contributed by atoms with E-state index in [1.807, 2.05) is 10.3 Å². The maximum atomic E-state index is 13.9. The average molecular weight is 373 g/mol. The summed E-state index contributed by atoms with van der Waals surface area (Å²) in [5.74, 6) is -0.539. The van der Waals surface area contributed by atoms with Crippen LogP contribution in [-0.2, 0) is 22.6 Å². The number of carbonyl (C=O) groups is 2. The molecule has 2 aromatic rings. The second-order valence-corrected chi connectivity index (χ2v) is 7.66. The molecule has 136 valence electrons. The molecular formula is C19H20FN3O2S. The predicted octanol–water partition coefficient (Wildman–Crippen LogP) is 2.47. The number of fused-ring (bicyclic) bond motifs is 4. The van der Waals surface area contributed by atoms with E-state index in [0.29, 0.717) is 25.2 Å². The van der Waals surface area contributed by atoms with Gasteiger partial charge in [-0.25, -0.2) is 9.37 Å². The molecule has 0 spiro atoms. The SMILES string of the molecule is O=C(Cc1ccccc1F)N1C[C@@H]2CC[C@H](C1)N(Cc1cscn1)C2=O. The van der Waals surface area contributed by atoms with Crippen LogP contribution in [-0.4, -0.2) is 45.7 Å². The van der Waals surface area contributed by atoms with E-state index in [9.17, 15) is 14.0 Å². The lowest BCUT2D eigenvalue weighted by Gasteiger charge is -2.35. The first-order chi connectivity index (χ1) is 12.6. The summed E-state index contributed by atoms with van der Waals surface area (Å²) in [4.78, 5) is 33.5. The minimum atomic E-state index is -0.361. The number of rotatable bonds is 4. The molecule has 1 aromatic heterocycles. The van der Waals surface area contributed by atoms with Crippen molar-refractivity contribution in [3.8, 4) is 0 Å². The first-order valence-corrected chi connectivity index (χ1v) is 9.75. The molecule has 3 aliphatic rings. The molecule has 1 aromatic carbocycles. The van der Waals surface area contributed by atoms with Gasteiger partial charge in [-0.05, 0) is 24.5 Å². The third-order valence-electron chi connectivity index (χ3n) is 5.26. The maximum Gasteiger partial charge on any atom is 0.228 e. The molecule has 2 amide bonds. The molecule has 0 N–H and O–H groups in total. The van der Waals surface area contributed by atoms with Gasteiger partial charge >= 0.3 is 0 Å². The molecule has 3 aliphatic heterocycles. The van der Waals surface area contributed by atoms with Gasteiger partial charge in [0.2, 0.25) is 11.8 Å². The molecule has 2 bridgehead atoms. The van der Waals surface area contributed by atoms with E-state index >= 15 is 0 Å². The Bertz CT molecular complexity index is 811. The van der Waals surface area contributed by atoms with Gasteiger partial charge in [0.1, 0.15) is 5.82 Å². The minimum absolute atomic E-state index is 0.00696. The number of aromatic nitrogens is 1. The summed E-state index contributed by atoms with van der Waals surface area (Å²) in [6, 6.07) is 6.36. The lowest BCUT2D eigenvalue weighted by atomic mass is 9.94. The monoisotopic (exact) mass is 373 g/mol. The zero-order valence-electron chi connectivity index (χ0n) is 14.3. The highest BCUT2D eigenvalue weighted by Gasteiger charge is 2.41. The van der Waals surface area contributed by atoms with E-state index in [0.717, 1.165) is 18.5 Å². The van der Waals surface area contributed by atoms with E-state index < -0.39 is 0 Å². The normalized spacial score (nSPS) is 22.6. The number of nitrogens with zero attached hydrogens (tertiary/aromatic N) is 3. The Kier molecular flexibility index (Phi) is 4.72. The molecule has 26 heavy (non-hydrogen) atoms. The Morgan fingerprint density at radius 3 is 2.88 bits per heavy atom. The lowest BCUT2D eigenvalue weighted by Crippen LogP contribution is -2.47. The average Bonchev–Trinajstić information content (AvgIpc) is 2.99. The third kappa shape index (κ3) is 3.35. The van der Waals surface area contributed by atoms with Crippen LogP contribution in [0, 0.1) is 11.7 Å². The quantitative estimate of drug-likeness (QED) is 0.827. The first-order valence-electron chi connectivity index (χ1n) is 8.80. The summed E-state index contributed by atoms with van der Waals surface area (Å²) in [5, 5.41) is 1.95. The van der Waals surface area contributed by atoms with Gasteiger partial charge in [0, 0.05) is 24.5 Å². The summed E-state index contributed by atoms with van der Waals surface area (Å²) in [7, 11) is 0. The fraction of sp³-hybridized carbons (Fsp3) is 0.421. The summed E-state index contributed by atoms with van der Waals surface area (Å²) < 4.78 is 13.9. The predicted molar refractivity (Wildman–Crippen MR) is 95.9 cm³/mol. The van der Waals surface area contributed by atoms with E-state index in [1.165, 1.54) is 17.4 Å². The van der Waals surface area contributed by atoms with E-state index in [-0.39, 0.29) is 36.0 Å². The Morgan fingerprint density at radius 2 is 2.12 bits per heavy atom. The van der Waals surface area contributed by atoms with Crippen LogP contribution in [0.25, 0.3) is 0 Å². The van der Waals surface area contributed by atoms with Gasteiger partial charge in [-0.1, -0.05) is 18.2 Å². The molecule has 3 fully saturated rings. The van der Waals surface area contributed by atoms with Crippen LogP contribution in [0.15, 0.2) is 35.2 Å². The number of hydrogen-bond acceptors (Lipinski definition) is 4. The Labute approximate surface area is 155 Å². The van der Waals surface area contributed by atoms with Gasteiger partial charge in [0.25, 0.3) is 0 Å². The van der Waals surface area contributed by atoms with Crippen molar-refractivity contribution >= 4 is 23.2 Å². The van der Waals surface area contributed by atoms with Crippen molar-refractivity contribution in [3.05, 3.63) is 52.2 Å². The molecule has 0 unspecified atom stereocenters. The summed E-state index contributed by atoms with van der Waals surface area (Å²) in [5.41, 5.74) is 3.06. The van der Waals surface area contributed by atoms with Crippen molar-refractivity contribution in [3.63, 3.8) is 0 Å². The minimum Gasteiger partial charge on any atom is -0.340 e. The Morgan fingerprint density at radius 1 is 1.27 bits per heavy atom. The second kappa shape index (κ2) is 7.15. The maximum absolute atomic E-state index is 13.9. The molecule has 2 atom stereocenters. The number of amides is 2. The molecule has 0 aliphatic carbocycles. The molecule has 5 rings (SSSR count). The van der Waals surface area contributed by atoms with Crippen molar-refractivity contribution in [2.24, 2.45) is 5.92 Å². The zero-order valence-corrected chi connectivity index (χ0v) is 15.1. The van der Waals surface area contributed by atoms with Gasteiger partial charge < -0.3 is 9.80 Å². The fourth-order valence-electron chi connectivity index (χ4n) is 3.86. The summed E-state index contributed by atoms with van der Waals surface area (Å²) >= 11 is 1.51. The summed E-state index contributed by atoms with van der Waals surface area (Å²) in [6.07, 6.45) is 1.73. The largest absolute Gasteiger partial charge is 0.340 e. The molecule has 7 heteroatoms. The number of benzene rings is 1. The highest BCUT2D eigenvalue weighted by Crippen LogP contribution is 2.30. The van der Waals surface area contributed by atoms with Gasteiger partial charge in [-0.2, -0.15) is 0 Å².